The predicted molar refractivity (Wildman–Crippen MR) is 70.1 cm³/mol. The van der Waals surface area contributed by atoms with Crippen LogP contribution in [0, 0.1) is 0 Å². The Bertz CT molecular complexity index is 551. The van der Waals surface area contributed by atoms with E-state index in [-0.39, 0.29) is 11.4 Å². The van der Waals surface area contributed by atoms with Gasteiger partial charge in [0.05, 0.1) is 5.69 Å². The van der Waals surface area contributed by atoms with Gasteiger partial charge >= 0.3 is 0 Å². The predicted octanol–water partition coefficient (Wildman–Crippen LogP) is 0.375. The first-order chi connectivity index (χ1) is 8.34. The topological polar surface area (TPSA) is 91.9 Å². The second-order valence-electron chi connectivity index (χ2n) is 4.27. The van der Waals surface area contributed by atoms with Gasteiger partial charge < -0.3 is 10.3 Å². The van der Waals surface area contributed by atoms with Gasteiger partial charge in [-0.1, -0.05) is 6.92 Å². The molecule has 0 aliphatic rings. The van der Waals surface area contributed by atoms with E-state index in [2.05, 4.69) is 15.3 Å². The third kappa shape index (κ3) is 4.23. The quantitative estimate of drug-likeness (QED) is 0.731. The lowest BCUT2D eigenvalue weighted by atomic mass is 10.3. The molecule has 1 unspecified atom stereocenters. The van der Waals surface area contributed by atoms with Crippen LogP contribution >= 0.6 is 0 Å². The summed E-state index contributed by atoms with van der Waals surface area (Å²) in [6, 6.07) is 1.38. The second-order valence-corrected chi connectivity index (χ2v) is 6.64. The van der Waals surface area contributed by atoms with Crippen LogP contribution < -0.4 is 10.9 Å². The van der Waals surface area contributed by atoms with E-state index in [9.17, 15) is 13.2 Å². The lowest BCUT2D eigenvalue weighted by molar-refractivity contribution is 0.587. The summed E-state index contributed by atoms with van der Waals surface area (Å²) < 4.78 is 22.9. The standard InChI is InChI=1S/C11H19N3O3S/c1-4-5-12-7-9-6-10(15)14-11(13-9)8(2)18(3,16)17/h6,8,12H,4-5,7H2,1-3H3,(H,13,14,15). The molecule has 7 heteroatoms. The largest absolute Gasteiger partial charge is 0.311 e. The van der Waals surface area contributed by atoms with Gasteiger partial charge in [-0.2, -0.15) is 0 Å². The van der Waals surface area contributed by atoms with Gasteiger partial charge in [-0.05, 0) is 19.9 Å². The van der Waals surface area contributed by atoms with Gasteiger partial charge in [0, 0.05) is 18.9 Å². The number of nitrogens with zero attached hydrogens (tertiary/aromatic N) is 1. The molecule has 1 heterocycles. The van der Waals surface area contributed by atoms with Gasteiger partial charge in [-0.3, -0.25) is 4.79 Å². The average molecular weight is 273 g/mol. The highest BCUT2D eigenvalue weighted by Crippen LogP contribution is 2.15. The minimum absolute atomic E-state index is 0.193. The molecule has 0 spiro atoms. The van der Waals surface area contributed by atoms with Crippen molar-refractivity contribution in [3.05, 3.63) is 27.9 Å². The third-order valence-electron chi connectivity index (χ3n) is 2.57. The smallest absolute Gasteiger partial charge is 0.251 e. The van der Waals surface area contributed by atoms with Crippen molar-refractivity contribution in [2.75, 3.05) is 12.8 Å². The van der Waals surface area contributed by atoms with Crippen LogP contribution in [0.3, 0.4) is 0 Å². The molecule has 1 aromatic rings. The van der Waals surface area contributed by atoms with E-state index < -0.39 is 15.1 Å². The molecule has 102 valence electrons. The Balaban J connectivity index is 2.98. The molecule has 0 amide bonds. The minimum atomic E-state index is -3.27. The molecule has 18 heavy (non-hydrogen) atoms. The first kappa shape index (κ1) is 14.8. The van der Waals surface area contributed by atoms with E-state index in [0.717, 1.165) is 19.2 Å². The van der Waals surface area contributed by atoms with Crippen molar-refractivity contribution in [2.45, 2.75) is 32.1 Å². The van der Waals surface area contributed by atoms with Crippen LogP contribution in [0.4, 0.5) is 0 Å². The molecular weight excluding hydrogens is 254 g/mol. The molecule has 0 bridgehead atoms. The van der Waals surface area contributed by atoms with E-state index in [1.807, 2.05) is 6.92 Å². The molecule has 1 rings (SSSR count). The van der Waals surface area contributed by atoms with Crippen LogP contribution in [-0.2, 0) is 16.4 Å². The number of H-pyrrole nitrogens is 1. The summed E-state index contributed by atoms with van der Waals surface area (Å²) in [5.41, 5.74) is 0.224. The Kier molecular flexibility index (Phi) is 5.03. The monoisotopic (exact) mass is 273 g/mol. The summed E-state index contributed by atoms with van der Waals surface area (Å²) in [4.78, 5) is 18.1. The lowest BCUT2D eigenvalue weighted by Gasteiger charge is -2.10. The van der Waals surface area contributed by atoms with Crippen molar-refractivity contribution in [1.29, 1.82) is 0 Å². The molecule has 0 fully saturated rings. The average Bonchev–Trinajstić information content (AvgIpc) is 2.26. The molecule has 2 N–H and O–H groups in total. The van der Waals surface area contributed by atoms with Gasteiger partial charge in [0.25, 0.3) is 5.56 Å². The van der Waals surface area contributed by atoms with E-state index in [1.165, 1.54) is 13.0 Å². The summed E-state index contributed by atoms with van der Waals surface area (Å²) >= 11 is 0. The fraction of sp³-hybridized carbons (Fsp3) is 0.636. The third-order valence-corrected chi connectivity index (χ3v) is 4.08. The van der Waals surface area contributed by atoms with Gasteiger partial charge in [0.2, 0.25) is 0 Å². The van der Waals surface area contributed by atoms with Crippen LogP contribution in [-0.4, -0.2) is 31.2 Å². The van der Waals surface area contributed by atoms with Crippen molar-refractivity contribution in [3.8, 4) is 0 Å². The summed E-state index contributed by atoms with van der Waals surface area (Å²) in [6.07, 6.45) is 2.11. The Morgan fingerprint density at radius 3 is 2.72 bits per heavy atom. The highest BCUT2D eigenvalue weighted by Gasteiger charge is 2.20. The van der Waals surface area contributed by atoms with Gasteiger partial charge in [-0.25, -0.2) is 13.4 Å². The van der Waals surface area contributed by atoms with Crippen molar-refractivity contribution in [1.82, 2.24) is 15.3 Å². The van der Waals surface area contributed by atoms with Crippen LogP contribution in [0.25, 0.3) is 0 Å². The van der Waals surface area contributed by atoms with E-state index in [1.54, 1.807) is 0 Å². The number of hydrogen-bond acceptors (Lipinski definition) is 5. The fourth-order valence-electron chi connectivity index (χ4n) is 1.41. The number of aromatic nitrogens is 2. The van der Waals surface area contributed by atoms with E-state index in [0.29, 0.717) is 12.2 Å². The molecule has 0 aliphatic heterocycles. The van der Waals surface area contributed by atoms with Crippen LogP contribution in [0.5, 0.6) is 0 Å². The highest BCUT2D eigenvalue weighted by molar-refractivity contribution is 7.90. The van der Waals surface area contributed by atoms with Crippen LogP contribution in [0.15, 0.2) is 10.9 Å². The summed E-state index contributed by atoms with van der Waals surface area (Å²) in [5.74, 6) is 0.193. The van der Waals surface area contributed by atoms with Crippen LogP contribution in [0.2, 0.25) is 0 Å². The molecule has 0 aliphatic carbocycles. The summed E-state index contributed by atoms with van der Waals surface area (Å²) in [6.45, 7) is 4.83. The zero-order valence-corrected chi connectivity index (χ0v) is 11.7. The first-order valence-electron chi connectivity index (χ1n) is 5.84. The fourth-order valence-corrected chi connectivity index (χ4v) is 1.92. The maximum absolute atomic E-state index is 11.5. The van der Waals surface area contributed by atoms with Gasteiger partial charge in [-0.15, -0.1) is 0 Å². The highest BCUT2D eigenvalue weighted by atomic mass is 32.2. The van der Waals surface area contributed by atoms with E-state index in [4.69, 9.17) is 0 Å². The van der Waals surface area contributed by atoms with Crippen LogP contribution in [0.1, 0.15) is 37.0 Å². The van der Waals surface area contributed by atoms with Crippen molar-refractivity contribution >= 4 is 9.84 Å². The Hall–Kier alpha value is -1.21. The molecular formula is C11H19N3O3S. The number of nitrogens with one attached hydrogen (secondary N) is 2. The number of sulfone groups is 1. The maximum atomic E-state index is 11.5. The van der Waals surface area contributed by atoms with Crippen molar-refractivity contribution in [2.24, 2.45) is 0 Å². The lowest BCUT2D eigenvalue weighted by Crippen LogP contribution is -2.22. The number of hydrogen-bond donors (Lipinski definition) is 2. The molecule has 0 radical (unpaired) electrons. The van der Waals surface area contributed by atoms with E-state index >= 15 is 0 Å². The molecule has 1 aromatic heterocycles. The Labute approximate surface area is 107 Å². The maximum Gasteiger partial charge on any atom is 0.251 e. The molecule has 1 atom stereocenters. The molecule has 0 saturated carbocycles. The minimum Gasteiger partial charge on any atom is -0.311 e. The van der Waals surface area contributed by atoms with Crippen molar-refractivity contribution in [3.63, 3.8) is 0 Å². The summed E-state index contributed by atoms with van der Waals surface area (Å²) in [5, 5.41) is 2.31. The Morgan fingerprint density at radius 2 is 2.17 bits per heavy atom. The van der Waals surface area contributed by atoms with Gasteiger partial charge in [0.15, 0.2) is 9.84 Å². The van der Waals surface area contributed by atoms with Gasteiger partial charge in [0.1, 0.15) is 11.1 Å². The number of rotatable bonds is 6. The number of aromatic amines is 1. The normalized spacial score (nSPS) is 13.5. The molecule has 6 nitrogen and oxygen atoms in total. The first-order valence-corrected chi connectivity index (χ1v) is 7.79. The second kappa shape index (κ2) is 6.10. The van der Waals surface area contributed by atoms with Crippen molar-refractivity contribution < 1.29 is 8.42 Å². The zero-order chi connectivity index (χ0) is 13.8. The summed E-state index contributed by atoms with van der Waals surface area (Å²) in [7, 11) is -3.27. The zero-order valence-electron chi connectivity index (χ0n) is 10.9. The SMILES string of the molecule is CCCNCc1cc(=O)[nH]c(C(C)S(C)(=O)=O)n1. The molecule has 0 aromatic carbocycles. The Morgan fingerprint density at radius 1 is 1.50 bits per heavy atom. The molecule has 0 saturated heterocycles.